The Morgan fingerprint density at radius 3 is 2.54 bits per heavy atom. The van der Waals surface area contributed by atoms with Crippen molar-refractivity contribution in [1.82, 2.24) is 10.2 Å². The van der Waals surface area contributed by atoms with Crippen molar-refractivity contribution in [2.45, 2.75) is 32.7 Å². The SMILES string of the molecule is CCC(CCN)NC(=O)N(C)CC. The first-order chi connectivity index (χ1) is 6.15. The highest BCUT2D eigenvalue weighted by Crippen LogP contribution is 1.96. The zero-order chi connectivity index (χ0) is 10.3. The molecule has 0 aliphatic carbocycles. The topological polar surface area (TPSA) is 58.4 Å². The van der Waals surface area contributed by atoms with E-state index in [1.54, 1.807) is 11.9 Å². The minimum absolute atomic E-state index is 0.0113. The van der Waals surface area contributed by atoms with Gasteiger partial charge in [-0.15, -0.1) is 0 Å². The van der Waals surface area contributed by atoms with Gasteiger partial charge < -0.3 is 16.0 Å². The zero-order valence-electron chi connectivity index (χ0n) is 8.84. The van der Waals surface area contributed by atoms with E-state index in [1.807, 2.05) is 13.8 Å². The van der Waals surface area contributed by atoms with Crippen LogP contribution in [0.4, 0.5) is 4.79 Å². The Kier molecular flexibility index (Phi) is 6.32. The Morgan fingerprint density at radius 2 is 2.15 bits per heavy atom. The van der Waals surface area contributed by atoms with Crippen molar-refractivity contribution in [1.29, 1.82) is 0 Å². The van der Waals surface area contributed by atoms with Gasteiger partial charge in [-0.25, -0.2) is 4.79 Å². The Labute approximate surface area is 80.5 Å². The van der Waals surface area contributed by atoms with Crippen molar-refractivity contribution in [3.63, 3.8) is 0 Å². The summed E-state index contributed by atoms with van der Waals surface area (Å²) in [4.78, 5) is 13.0. The van der Waals surface area contributed by atoms with E-state index in [4.69, 9.17) is 5.73 Å². The van der Waals surface area contributed by atoms with Gasteiger partial charge in [0.25, 0.3) is 0 Å². The molecule has 78 valence electrons. The van der Waals surface area contributed by atoms with Crippen LogP contribution in [0.1, 0.15) is 26.7 Å². The highest BCUT2D eigenvalue weighted by molar-refractivity contribution is 5.74. The van der Waals surface area contributed by atoms with Crippen molar-refractivity contribution in [3.8, 4) is 0 Å². The van der Waals surface area contributed by atoms with E-state index in [-0.39, 0.29) is 12.1 Å². The van der Waals surface area contributed by atoms with Crippen LogP contribution in [0.3, 0.4) is 0 Å². The van der Waals surface area contributed by atoms with Gasteiger partial charge >= 0.3 is 6.03 Å². The molecule has 3 N–H and O–H groups in total. The molecule has 0 saturated carbocycles. The second-order valence-electron chi connectivity index (χ2n) is 3.15. The highest BCUT2D eigenvalue weighted by atomic mass is 16.2. The predicted molar refractivity (Wildman–Crippen MR) is 54.6 cm³/mol. The number of carbonyl (C=O) groups is 1. The molecule has 1 unspecified atom stereocenters. The molecule has 0 heterocycles. The molecule has 1 atom stereocenters. The molecule has 0 fully saturated rings. The minimum Gasteiger partial charge on any atom is -0.335 e. The fourth-order valence-corrected chi connectivity index (χ4v) is 1.01. The van der Waals surface area contributed by atoms with Crippen LogP contribution in [0.15, 0.2) is 0 Å². The molecule has 0 radical (unpaired) electrons. The maximum absolute atomic E-state index is 11.4. The van der Waals surface area contributed by atoms with Crippen LogP contribution in [0, 0.1) is 0 Å². The van der Waals surface area contributed by atoms with Gasteiger partial charge in [-0.05, 0) is 26.3 Å². The van der Waals surface area contributed by atoms with Crippen LogP contribution in [0.25, 0.3) is 0 Å². The van der Waals surface area contributed by atoms with Gasteiger partial charge in [0.2, 0.25) is 0 Å². The minimum atomic E-state index is -0.0113. The summed E-state index contributed by atoms with van der Waals surface area (Å²) >= 11 is 0. The molecule has 0 aliphatic heterocycles. The maximum Gasteiger partial charge on any atom is 0.317 e. The first-order valence-electron chi connectivity index (χ1n) is 4.87. The summed E-state index contributed by atoms with van der Waals surface area (Å²) in [6.45, 7) is 5.34. The van der Waals surface area contributed by atoms with E-state index in [2.05, 4.69) is 5.32 Å². The molecule has 13 heavy (non-hydrogen) atoms. The lowest BCUT2D eigenvalue weighted by atomic mass is 10.1. The monoisotopic (exact) mass is 187 g/mol. The molecule has 0 aliphatic rings. The Morgan fingerprint density at radius 1 is 1.54 bits per heavy atom. The van der Waals surface area contributed by atoms with E-state index in [1.165, 1.54) is 0 Å². The largest absolute Gasteiger partial charge is 0.335 e. The summed E-state index contributed by atoms with van der Waals surface area (Å²) in [6, 6.07) is 0.203. The highest BCUT2D eigenvalue weighted by Gasteiger charge is 2.11. The first kappa shape index (κ1) is 12.2. The molecule has 0 rings (SSSR count). The van der Waals surface area contributed by atoms with E-state index >= 15 is 0 Å². The van der Waals surface area contributed by atoms with E-state index in [0.717, 1.165) is 19.4 Å². The molecule has 4 nitrogen and oxygen atoms in total. The molecule has 0 saturated heterocycles. The number of hydrogen-bond donors (Lipinski definition) is 2. The molecular weight excluding hydrogens is 166 g/mol. The van der Waals surface area contributed by atoms with Crippen molar-refractivity contribution in [2.24, 2.45) is 5.73 Å². The van der Waals surface area contributed by atoms with Gasteiger partial charge in [0.15, 0.2) is 0 Å². The van der Waals surface area contributed by atoms with Crippen LogP contribution in [0.2, 0.25) is 0 Å². The van der Waals surface area contributed by atoms with Gasteiger partial charge in [-0.1, -0.05) is 6.92 Å². The zero-order valence-corrected chi connectivity index (χ0v) is 8.84. The standard InChI is InChI=1S/C9H21N3O/c1-4-8(6-7-10)11-9(13)12(3)5-2/h8H,4-7,10H2,1-3H3,(H,11,13). The normalized spacial score (nSPS) is 12.3. The quantitative estimate of drug-likeness (QED) is 0.668. The number of carbonyl (C=O) groups excluding carboxylic acids is 1. The third-order valence-corrected chi connectivity index (χ3v) is 2.16. The van der Waals surface area contributed by atoms with Crippen molar-refractivity contribution >= 4 is 6.03 Å². The van der Waals surface area contributed by atoms with Gasteiger partial charge in [0.1, 0.15) is 0 Å². The molecule has 0 aromatic rings. The number of hydrogen-bond acceptors (Lipinski definition) is 2. The lowest BCUT2D eigenvalue weighted by molar-refractivity contribution is 0.206. The molecule has 4 heteroatoms. The average molecular weight is 187 g/mol. The van der Waals surface area contributed by atoms with Crippen molar-refractivity contribution in [3.05, 3.63) is 0 Å². The lowest BCUT2D eigenvalue weighted by Crippen LogP contribution is -2.43. The van der Waals surface area contributed by atoms with Crippen molar-refractivity contribution in [2.75, 3.05) is 20.1 Å². The smallest absolute Gasteiger partial charge is 0.317 e. The van der Waals surface area contributed by atoms with E-state index in [0.29, 0.717) is 6.54 Å². The molecular formula is C9H21N3O. The van der Waals surface area contributed by atoms with Crippen LogP contribution in [-0.2, 0) is 0 Å². The number of nitrogens with two attached hydrogens (primary N) is 1. The fraction of sp³-hybridized carbons (Fsp3) is 0.889. The number of rotatable bonds is 5. The second-order valence-corrected chi connectivity index (χ2v) is 3.15. The second kappa shape index (κ2) is 6.71. The third kappa shape index (κ3) is 4.72. The summed E-state index contributed by atoms with van der Waals surface area (Å²) < 4.78 is 0. The average Bonchev–Trinajstić information content (AvgIpc) is 2.15. The molecule has 0 bridgehead atoms. The van der Waals surface area contributed by atoms with Crippen LogP contribution >= 0.6 is 0 Å². The Bertz CT molecular complexity index is 150. The van der Waals surface area contributed by atoms with Gasteiger partial charge in [-0.2, -0.15) is 0 Å². The lowest BCUT2D eigenvalue weighted by Gasteiger charge is -2.21. The molecule has 0 spiro atoms. The van der Waals surface area contributed by atoms with Crippen LogP contribution < -0.4 is 11.1 Å². The summed E-state index contributed by atoms with van der Waals surface area (Å²) in [6.07, 6.45) is 1.78. The number of amides is 2. The van der Waals surface area contributed by atoms with Crippen LogP contribution in [-0.4, -0.2) is 37.1 Å². The van der Waals surface area contributed by atoms with Crippen molar-refractivity contribution < 1.29 is 4.79 Å². The maximum atomic E-state index is 11.4. The summed E-state index contributed by atoms with van der Waals surface area (Å²) in [5.41, 5.74) is 5.42. The van der Waals surface area contributed by atoms with Gasteiger partial charge in [0.05, 0.1) is 0 Å². The number of urea groups is 1. The Balaban J connectivity index is 3.85. The summed E-state index contributed by atoms with van der Waals surface area (Å²) in [7, 11) is 1.78. The van der Waals surface area contributed by atoms with Gasteiger partial charge in [-0.3, -0.25) is 0 Å². The molecule has 0 aromatic carbocycles. The van der Waals surface area contributed by atoms with Crippen LogP contribution in [0.5, 0.6) is 0 Å². The first-order valence-corrected chi connectivity index (χ1v) is 4.87. The van der Waals surface area contributed by atoms with E-state index in [9.17, 15) is 4.79 Å². The number of nitrogens with zero attached hydrogens (tertiary/aromatic N) is 1. The van der Waals surface area contributed by atoms with Gasteiger partial charge in [0, 0.05) is 19.6 Å². The summed E-state index contributed by atoms with van der Waals surface area (Å²) in [5, 5.41) is 2.93. The number of nitrogens with one attached hydrogen (secondary N) is 1. The predicted octanol–water partition coefficient (Wildman–Crippen LogP) is 0.775. The Hall–Kier alpha value is -0.770. The molecule has 0 aromatic heterocycles. The van der Waals surface area contributed by atoms with E-state index < -0.39 is 0 Å². The fourth-order valence-electron chi connectivity index (χ4n) is 1.01. The third-order valence-electron chi connectivity index (χ3n) is 2.16. The summed E-state index contributed by atoms with van der Waals surface area (Å²) in [5.74, 6) is 0. The molecule has 2 amide bonds.